The molecule has 1 aromatic rings. The Morgan fingerprint density at radius 2 is 1.91 bits per heavy atom. The highest BCUT2D eigenvalue weighted by Gasteiger charge is 2.16. The van der Waals surface area contributed by atoms with Crippen LogP contribution in [0.25, 0.3) is 0 Å². The van der Waals surface area contributed by atoms with Crippen molar-refractivity contribution in [2.45, 2.75) is 52.6 Å². The quantitative estimate of drug-likeness (QED) is 0.876. The van der Waals surface area contributed by atoms with E-state index in [2.05, 4.69) is 10.2 Å². The lowest BCUT2D eigenvalue weighted by Crippen LogP contribution is -2.41. The number of ether oxygens (including phenoxy) is 1. The highest BCUT2D eigenvalue weighted by atomic mass is 16.5. The minimum Gasteiger partial charge on any atom is -0.481 e. The van der Waals surface area contributed by atoms with Crippen molar-refractivity contribution in [3.63, 3.8) is 0 Å². The number of hydrogen-bond acceptors (Lipinski definition) is 3. The smallest absolute Gasteiger partial charge is 0.260 e. The van der Waals surface area contributed by atoms with Gasteiger partial charge in [-0.05, 0) is 63.9 Å². The molecule has 0 unspecified atom stereocenters. The van der Waals surface area contributed by atoms with Crippen LogP contribution in [0.15, 0.2) is 18.2 Å². The van der Waals surface area contributed by atoms with Gasteiger partial charge in [0.25, 0.3) is 5.91 Å². The van der Waals surface area contributed by atoms with Crippen LogP contribution < -0.4 is 10.1 Å². The molecule has 1 aliphatic heterocycles. The number of carbonyl (C=O) groups excluding carboxylic acids is 1. The Balaban J connectivity index is 1.75. The van der Waals surface area contributed by atoms with Gasteiger partial charge < -0.3 is 15.0 Å². The van der Waals surface area contributed by atoms with E-state index in [1.165, 1.54) is 25.7 Å². The molecule has 0 spiro atoms. The molecule has 2 rings (SSSR count). The van der Waals surface area contributed by atoms with Crippen LogP contribution in [-0.2, 0) is 4.79 Å². The minimum atomic E-state index is -0.473. The molecular formula is C19H30N2O2. The number of aryl methyl sites for hydroxylation is 2. The fourth-order valence-electron chi connectivity index (χ4n) is 2.92. The van der Waals surface area contributed by atoms with Crippen LogP contribution in [0.4, 0.5) is 0 Å². The number of rotatable bonds is 6. The molecule has 1 atom stereocenters. The number of nitrogens with one attached hydrogen (secondary N) is 1. The van der Waals surface area contributed by atoms with Crippen LogP contribution in [0, 0.1) is 13.8 Å². The predicted octanol–water partition coefficient (Wildman–Crippen LogP) is 3.06. The fourth-order valence-corrected chi connectivity index (χ4v) is 2.92. The summed E-state index contributed by atoms with van der Waals surface area (Å²) in [5.74, 6) is 0.751. The number of likely N-dealkylation sites (tertiary alicyclic amines) is 1. The van der Waals surface area contributed by atoms with Crippen LogP contribution >= 0.6 is 0 Å². The lowest BCUT2D eigenvalue weighted by molar-refractivity contribution is -0.127. The third-order valence-electron chi connectivity index (χ3n) is 4.44. The van der Waals surface area contributed by atoms with Crippen molar-refractivity contribution in [2.24, 2.45) is 0 Å². The van der Waals surface area contributed by atoms with Gasteiger partial charge in [-0.1, -0.05) is 25.0 Å². The fraction of sp³-hybridized carbons (Fsp3) is 0.632. The molecule has 0 aromatic heterocycles. The number of amides is 1. The highest BCUT2D eigenvalue weighted by molar-refractivity contribution is 5.80. The van der Waals surface area contributed by atoms with E-state index < -0.39 is 6.10 Å². The van der Waals surface area contributed by atoms with Crippen molar-refractivity contribution in [2.75, 3.05) is 26.2 Å². The standard InChI is InChI=1S/C19H30N2O2/c1-15-8-9-16(2)18(14-15)23-17(3)19(22)20-10-13-21-11-6-4-5-7-12-21/h8-9,14,17H,4-7,10-13H2,1-3H3,(H,20,22)/t17-/m1/s1. The summed E-state index contributed by atoms with van der Waals surface area (Å²) in [5, 5.41) is 3.00. The summed E-state index contributed by atoms with van der Waals surface area (Å²) in [6, 6.07) is 6.05. The van der Waals surface area contributed by atoms with Crippen LogP contribution in [0.3, 0.4) is 0 Å². The maximum Gasteiger partial charge on any atom is 0.260 e. The first-order chi connectivity index (χ1) is 11.1. The largest absolute Gasteiger partial charge is 0.481 e. The van der Waals surface area contributed by atoms with Gasteiger partial charge in [-0.15, -0.1) is 0 Å². The first-order valence-electron chi connectivity index (χ1n) is 8.80. The molecule has 1 fully saturated rings. The number of hydrogen-bond donors (Lipinski definition) is 1. The van der Waals surface area contributed by atoms with Crippen LogP contribution in [0.5, 0.6) is 5.75 Å². The van der Waals surface area contributed by atoms with Gasteiger partial charge in [0.15, 0.2) is 6.10 Å². The molecule has 0 radical (unpaired) electrons. The molecule has 4 heteroatoms. The van der Waals surface area contributed by atoms with E-state index in [4.69, 9.17) is 4.74 Å². The predicted molar refractivity (Wildman–Crippen MR) is 93.9 cm³/mol. The Bertz CT molecular complexity index is 508. The third kappa shape index (κ3) is 5.87. The first kappa shape index (κ1) is 17.8. The van der Waals surface area contributed by atoms with Gasteiger partial charge in [-0.3, -0.25) is 4.79 Å². The summed E-state index contributed by atoms with van der Waals surface area (Å²) in [4.78, 5) is 14.6. The highest BCUT2D eigenvalue weighted by Crippen LogP contribution is 2.20. The Hall–Kier alpha value is -1.55. The number of benzene rings is 1. The normalized spacial score (nSPS) is 17.3. The monoisotopic (exact) mass is 318 g/mol. The van der Waals surface area contributed by atoms with Gasteiger partial charge in [0.05, 0.1) is 0 Å². The maximum absolute atomic E-state index is 12.2. The Morgan fingerprint density at radius 1 is 1.22 bits per heavy atom. The molecule has 4 nitrogen and oxygen atoms in total. The Labute approximate surface area is 140 Å². The minimum absolute atomic E-state index is 0.0410. The van der Waals surface area contributed by atoms with E-state index in [1.807, 2.05) is 39.0 Å². The van der Waals surface area contributed by atoms with E-state index in [0.717, 1.165) is 36.5 Å². The van der Waals surface area contributed by atoms with Crippen LogP contribution in [0.1, 0.15) is 43.7 Å². The first-order valence-corrected chi connectivity index (χ1v) is 8.80. The van der Waals surface area contributed by atoms with Gasteiger partial charge in [0, 0.05) is 13.1 Å². The molecule has 128 valence electrons. The summed E-state index contributed by atoms with van der Waals surface area (Å²) < 4.78 is 5.82. The summed E-state index contributed by atoms with van der Waals surface area (Å²) >= 11 is 0. The van der Waals surface area contributed by atoms with E-state index in [0.29, 0.717) is 6.54 Å². The second kappa shape index (κ2) is 8.92. The van der Waals surface area contributed by atoms with Gasteiger partial charge in [0.2, 0.25) is 0 Å². The third-order valence-corrected chi connectivity index (χ3v) is 4.44. The van der Waals surface area contributed by atoms with Crippen LogP contribution in [-0.4, -0.2) is 43.1 Å². The summed E-state index contributed by atoms with van der Waals surface area (Å²) in [5.41, 5.74) is 2.19. The Kier molecular flexibility index (Phi) is 6.90. The second-order valence-electron chi connectivity index (χ2n) is 6.58. The van der Waals surface area contributed by atoms with Crippen molar-refractivity contribution in [3.05, 3.63) is 29.3 Å². The van der Waals surface area contributed by atoms with E-state index in [-0.39, 0.29) is 5.91 Å². The second-order valence-corrected chi connectivity index (χ2v) is 6.58. The summed E-state index contributed by atoms with van der Waals surface area (Å²) in [7, 11) is 0. The summed E-state index contributed by atoms with van der Waals surface area (Å²) in [6.07, 6.45) is 4.76. The lowest BCUT2D eigenvalue weighted by Gasteiger charge is -2.21. The topological polar surface area (TPSA) is 41.6 Å². The molecule has 0 aliphatic carbocycles. The molecule has 1 N–H and O–H groups in total. The lowest BCUT2D eigenvalue weighted by atomic mass is 10.1. The van der Waals surface area contributed by atoms with E-state index in [1.54, 1.807) is 0 Å². The van der Waals surface area contributed by atoms with Gasteiger partial charge in [0.1, 0.15) is 5.75 Å². The zero-order chi connectivity index (χ0) is 16.7. The van der Waals surface area contributed by atoms with Gasteiger partial charge in [-0.25, -0.2) is 0 Å². The average molecular weight is 318 g/mol. The zero-order valence-corrected chi connectivity index (χ0v) is 14.7. The molecule has 1 saturated heterocycles. The Morgan fingerprint density at radius 3 is 2.61 bits per heavy atom. The van der Waals surface area contributed by atoms with Crippen molar-refractivity contribution < 1.29 is 9.53 Å². The molecule has 23 heavy (non-hydrogen) atoms. The zero-order valence-electron chi connectivity index (χ0n) is 14.7. The van der Waals surface area contributed by atoms with Crippen molar-refractivity contribution in [3.8, 4) is 5.75 Å². The van der Waals surface area contributed by atoms with Crippen molar-refractivity contribution >= 4 is 5.91 Å². The maximum atomic E-state index is 12.2. The average Bonchev–Trinajstić information content (AvgIpc) is 2.79. The van der Waals surface area contributed by atoms with E-state index in [9.17, 15) is 4.79 Å². The molecule has 0 bridgehead atoms. The molecule has 0 saturated carbocycles. The number of carbonyl (C=O) groups is 1. The SMILES string of the molecule is Cc1ccc(C)c(O[C@H](C)C(=O)NCCN2CCCCCC2)c1. The molecule has 1 amide bonds. The van der Waals surface area contributed by atoms with Gasteiger partial charge in [-0.2, -0.15) is 0 Å². The molecule has 1 aromatic carbocycles. The molecule has 1 aliphatic rings. The number of nitrogens with zero attached hydrogens (tertiary/aromatic N) is 1. The van der Waals surface area contributed by atoms with E-state index >= 15 is 0 Å². The summed E-state index contributed by atoms with van der Waals surface area (Å²) in [6.45, 7) is 9.77. The van der Waals surface area contributed by atoms with Gasteiger partial charge >= 0.3 is 0 Å². The van der Waals surface area contributed by atoms with Crippen molar-refractivity contribution in [1.29, 1.82) is 0 Å². The van der Waals surface area contributed by atoms with Crippen LogP contribution in [0.2, 0.25) is 0 Å². The molecule has 1 heterocycles. The van der Waals surface area contributed by atoms with Crippen molar-refractivity contribution in [1.82, 2.24) is 10.2 Å². The molecular weight excluding hydrogens is 288 g/mol.